The third kappa shape index (κ3) is 1.72. The zero-order valence-electron chi connectivity index (χ0n) is 7.98. The SMILES string of the molecule is CCOC(=O)n1nnc2c(Br)cccc21. The van der Waals surface area contributed by atoms with E-state index in [0.717, 1.165) is 9.15 Å². The van der Waals surface area contributed by atoms with Gasteiger partial charge in [-0.1, -0.05) is 11.3 Å². The Labute approximate surface area is 94.1 Å². The summed E-state index contributed by atoms with van der Waals surface area (Å²) in [6.07, 6.45) is -0.516. The number of fused-ring (bicyclic) bond motifs is 1. The van der Waals surface area contributed by atoms with Gasteiger partial charge >= 0.3 is 6.09 Å². The Morgan fingerprint density at radius 2 is 2.40 bits per heavy atom. The standard InChI is InChI=1S/C9H8BrN3O2/c1-2-15-9(14)13-7-5-3-4-6(10)8(7)11-12-13/h3-5H,2H2,1H3. The molecule has 0 atom stereocenters. The van der Waals surface area contributed by atoms with Crippen molar-refractivity contribution in [1.82, 2.24) is 15.0 Å². The number of hydrogen-bond donors (Lipinski definition) is 0. The quantitative estimate of drug-likeness (QED) is 0.797. The Hall–Kier alpha value is -1.43. The van der Waals surface area contributed by atoms with Gasteiger partial charge in [-0.05, 0) is 35.0 Å². The number of benzene rings is 1. The fourth-order valence-electron chi connectivity index (χ4n) is 1.23. The van der Waals surface area contributed by atoms with Gasteiger partial charge in [0.1, 0.15) is 11.0 Å². The molecule has 15 heavy (non-hydrogen) atoms. The first-order chi connectivity index (χ1) is 7.24. The zero-order valence-corrected chi connectivity index (χ0v) is 9.56. The second-order valence-electron chi connectivity index (χ2n) is 2.81. The molecule has 6 heteroatoms. The Balaban J connectivity index is 2.54. The summed E-state index contributed by atoms with van der Waals surface area (Å²) in [6.45, 7) is 2.06. The Bertz CT molecular complexity index is 509. The molecule has 1 aromatic carbocycles. The van der Waals surface area contributed by atoms with E-state index in [0.29, 0.717) is 17.6 Å². The van der Waals surface area contributed by atoms with Gasteiger partial charge in [0.15, 0.2) is 0 Å². The normalized spacial score (nSPS) is 10.5. The highest BCUT2D eigenvalue weighted by atomic mass is 79.9. The van der Waals surface area contributed by atoms with Crippen molar-refractivity contribution < 1.29 is 9.53 Å². The topological polar surface area (TPSA) is 57.0 Å². The lowest BCUT2D eigenvalue weighted by Gasteiger charge is -2.00. The molecule has 5 nitrogen and oxygen atoms in total. The van der Waals surface area contributed by atoms with Crippen molar-refractivity contribution in [2.24, 2.45) is 0 Å². The van der Waals surface area contributed by atoms with Gasteiger partial charge in [0.05, 0.1) is 6.61 Å². The van der Waals surface area contributed by atoms with Crippen LogP contribution in [0.5, 0.6) is 0 Å². The number of aromatic nitrogens is 3. The molecule has 0 unspecified atom stereocenters. The van der Waals surface area contributed by atoms with Crippen LogP contribution in [0, 0.1) is 0 Å². The van der Waals surface area contributed by atoms with Crippen LogP contribution < -0.4 is 0 Å². The van der Waals surface area contributed by atoms with Crippen LogP contribution in [0.2, 0.25) is 0 Å². The summed E-state index contributed by atoms with van der Waals surface area (Å²) < 4.78 is 6.78. The summed E-state index contributed by atoms with van der Waals surface area (Å²) in [7, 11) is 0. The van der Waals surface area contributed by atoms with Crippen LogP contribution >= 0.6 is 15.9 Å². The lowest BCUT2D eigenvalue weighted by molar-refractivity contribution is 0.151. The number of carbonyl (C=O) groups is 1. The molecule has 0 aliphatic rings. The molecule has 2 aromatic rings. The van der Waals surface area contributed by atoms with Crippen LogP contribution in [0.4, 0.5) is 4.79 Å². The van der Waals surface area contributed by atoms with Crippen LogP contribution in [0.3, 0.4) is 0 Å². The van der Waals surface area contributed by atoms with Crippen LogP contribution in [0.15, 0.2) is 22.7 Å². The van der Waals surface area contributed by atoms with Crippen molar-refractivity contribution in [2.45, 2.75) is 6.92 Å². The third-order valence-electron chi connectivity index (χ3n) is 1.87. The Morgan fingerprint density at radius 1 is 1.60 bits per heavy atom. The van der Waals surface area contributed by atoms with E-state index in [1.54, 1.807) is 13.0 Å². The molecule has 0 saturated carbocycles. The fraction of sp³-hybridized carbons (Fsp3) is 0.222. The minimum absolute atomic E-state index is 0.314. The van der Waals surface area contributed by atoms with E-state index >= 15 is 0 Å². The van der Waals surface area contributed by atoms with E-state index in [2.05, 4.69) is 26.2 Å². The van der Waals surface area contributed by atoms with E-state index in [1.165, 1.54) is 0 Å². The van der Waals surface area contributed by atoms with Crippen molar-refractivity contribution in [2.75, 3.05) is 6.61 Å². The van der Waals surface area contributed by atoms with Crippen LogP contribution in [0.25, 0.3) is 11.0 Å². The van der Waals surface area contributed by atoms with Gasteiger partial charge in [-0.25, -0.2) is 4.79 Å². The van der Waals surface area contributed by atoms with E-state index in [9.17, 15) is 4.79 Å². The molecule has 0 saturated heterocycles. The molecule has 0 amide bonds. The minimum atomic E-state index is -0.516. The fourth-order valence-corrected chi connectivity index (χ4v) is 1.67. The van der Waals surface area contributed by atoms with E-state index in [-0.39, 0.29) is 0 Å². The molecule has 78 valence electrons. The van der Waals surface area contributed by atoms with Crippen LogP contribution in [0.1, 0.15) is 6.92 Å². The van der Waals surface area contributed by atoms with Gasteiger partial charge < -0.3 is 4.74 Å². The van der Waals surface area contributed by atoms with Crippen molar-refractivity contribution >= 4 is 33.1 Å². The first-order valence-corrected chi connectivity index (χ1v) is 5.20. The van der Waals surface area contributed by atoms with E-state index < -0.39 is 6.09 Å². The van der Waals surface area contributed by atoms with Crippen molar-refractivity contribution in [1.29, 1.82) is 0 Å². The molecule has 0 bridgehead atoms. The monoisotopic (exact) mass is 269 g/mol. The van der Waals surface area contributed by atoms with Gasteiger partial charge in [-0.2, -0.15) is 0 Å². The number of halogens is 1. The summed E-state index contributed by atoms with van der Waals surface area (Å²) in [6, 6.07) is 5.41. The van der Waals surface area contributed by atoms with Crippen molar-refractivity contribution in [3.05, 3.63) is 22.7 Å². The molecule has 0 aliphatic carbocycles. The Kier molecular flexibility index (Phi) is 2.68. The van der Waals surface area contributed by atoms with Gasteiger partial charge in [-0.15, -0.1) is 9.78 Å². The average Bonchev–Trinajstić information content (AvgIpc) is 2.63. The summed E-state index contributed by atoms with van der Waals surface area (Å²) >= 11 is 3.33. The summed E-state index contributed by atoms with van der Waals surface area (Å²) in [5, 5.41) is 7.62. The number of hydrogen-bond acceptors (Lipinski definition) is 4. The number of rotatable bonds is 1. The molecular weight excluding hydrogens is 262 g/mol. The Morgan fingerprint density at radius 3 is 3.13 bits per heavy atom. The van der Waals surface area contributed by atoms with Gasteiger partial charge in [0.25, 0.3) is 0 Å². The lowest BCUT2D eigenvalue weighted by atomic mass is 10.3. The summed E-state index contributed by atoms with van der Waals surface area (Å²) in [5.74, 6) is 0. The molecule has 2 rings (SSSR count). The highest BCUT2D eigenvalue weighted by Gasteiger charge is 2.13. The van der Waals surface area contributed by atoms with Gasteiger partial charge in [0, 0.05) is 4.47 Å². The maximum atomic E-state index is 11.5. The zero-order chi connectivity index (χ0) is 10.8. The molecule has 0 N–H and O–H groups in total. The maximum Gasteiger partial charge on any atom is 0.436 e. The molecule has 0 aliphatic heterocycles. The van der Waals surface area contributed by atoms with E-state index in [1.807, 2.05) is 12.1 Å². The minimum Gasteiger partial charge on any atom is -0.448 e. The molecule has 0 fully saturated rings. The first-order valence-electron chi connectivity index (χ1n) is 4.41. The molecule has 0 spiro atoms. The van der Waals surface area contributed by atoms with E-state index in [4.69, 9.17) is 4.74 Å². The number of ether oxygens (including phenoxy) is 1. The second-order valence-corrected chi connectivity index (χ2v) is 3.66. The first kappa shape index (κ1) is 10.1. The molecular formula is C9H8BrN3O2. The van der Waals surface area contributed by atoms with Crippen LogP contribution in [-0.2, 0) is 4.74 Å². The second kappa shape index (κ2) is 3.98. The summed E-state index contributed by atoms with van der Waals surface area (Å²) in [5.41, 5.74) is 1.27. The third-order valence-corrected chi connectivity index (χ3v) is 2.51. The molecule has 0 radical (unpaired) electrons. The van der Waals surface area contributed by atoms with Crippen LogP contribution in [-0.4, -0.2) is 27.7 Å². The van der Waals surface area contributed by atoms with Gasteiger partial charge in [0.2, 0.25) is 0 Å². The highest BCUT2D eigenvalue weighted by molar-refractivity contribution is 9.10. The van der Waals surface area contributed by atoms with Crippen molar-refractivity contribution in [3.8, 4) is 0 Å². The molecule has 1 aromatic heterocycles. The van der Waals surface area contributed by atoms with Crippen molar-refractivity contribution in [3.63, 3.8) is 0 Å². The summed E-state index contributed by atoms with van der Waals surface area (Å²) in [4.78, 5) is 11.5. The smallest absolute Gasteiger partial charge is 0.436 e. The predicted molar refractivity (Wildman–Crippen MR) is 57.6 cm³/mol. The lowest BCUT2D eigenvalue weighted by Crippen LogP contribution is -2.14. The molecule has 1 heterocycles. The largest absolute Gasteiger partial charge is 0.448 e. The average molecular weight is 270 g/mol. The number of carbonyl (C=O) groups excluding carboxylic acids is 1. The highest BCUT2D eigenvalue weighted by Crippen LogP contribution is 2.20. The van der Waals surface area contributed by atoms with Gasteiger partial charge in [-0.3, -0.25) is 0 Å². The predicted octanol–water partition coefficient (Wildman–Crippen LogP) is 2.20. The number of nitrogens with zero attached hydrogens (tertiary/aromatic N) is 3. The maximum absolute atomic E-state index is 11.5.